The van der Waals surface area contributed by atoms with Crippen LogP contribution in [0, 0.1) is 0 Å². The molecule has 0 radical (unpaired) electrons. The van der Waals surface area contributed by atoms with Crippen LogP contribution in [-0.4, -0.2) is 34.6 Å². The Balaban J connectivity index is 2.33. The number of pyridine rings is 1. The van der Waals surface area contributed by atoms with Crippen molar-refractivity contribution in [2.45, 2.75) is 19.4 Å². The van der Waals surface area contributed by atoms with E-state index in [1.807, 2.05) is 6.20 Å². The third kappa shape index (κ3) is 2.15. The van der Waals surface area contributed by atoms with Gasteiger partial charge < -0.3 is 10.0 Å². The Morgan fingerprint density at radius 2 is 2.40 bits per heavy atom. The zero-order valence-corrected chi connectivity index (χ0v) is 8.73. The fourth-order valence-electron chi connectivity index (χ4n) is 2.02. The Morgan fingerprint density at radius 1 is 1.60 bits per heavy atom. The minimum absolute atomic E-state index is 0.0832. The molecule has 2 heterocycles. The largest absolute Gasteiger partial charge is 0.481 e. The van der Waals surface area contributed by atoms with Crippen molar-refractivity contribution >= 4 is 5.97 Å². The maximum Gasteiger partial charge on any atom is 0.307 e. The summed E-state index contributed by atoms with van der Waals surface area (Å²) < 4.78 is 0. The minimum atomic E-state index is -0.788. The minimum Gasteiger partial charge on any atom is -0.481 e. The Kier molecular flexibility index (Phi) is 2.68. The highest BCUT2D eigenvalue weighted by molar-refractivity contribution is 5.70. The van der Waals surface area contributed by atoms with Crippen molar-refractivity contribution in [2.24, 2.45) is 0 Å². The molecule has 0 saturated heterocycles. The van der Waals surface area contributed by atoms with E-state index in [-0.39, 0.29) is 6.42 Å². The number of carbonyl (C=O) groups is 1. The zero-order valence-electron chi connectivity index (χ0n) is 8.73. The van der Waals surface area contributed by atoms with Crippen LogP contribution in [0.25, 0.3) is 0 Å². The molecule has 1 aromatic heterocycles. The molecule has 1 aliphatic rings. The molecule has 1 N–H and O–H groups in total. The molecule has 0 atom stereocenters. The summed E-state index contributed by atoms with van der Waals surface area (Å²) in [6.45, 7) is 1.86. The third-order valence-corrected chi connectivity index (χ3v) is 2.76. The second-order valence-electron chi connectivity index (χ2n) is 3.99. The van der Waals surface area contributed by atoms with Crippen LogP contribution in [0.5, 0.6) is 0 Å². The van der Waals surface area contributed by atoms with Gasteiger partial charge in [-0.2, -0.15) is 0 Å². The van der Waals surface area contributed by atoms with Gasteiger partial charge >= 0.3 is 5.97 Å². The van der Waals surface area contributed by atoms with E-state index in [4.69, 9.17) is 5.11 Å². The molecule has 1 aromatic rings. The number of rotatable bonds is 2. The van der Waals surface area contributed by atoms with Crippen LogP contribution < -0.4 is 0 Å². The number of fused-ring (bicyclic) bond motifs is 1. The summed E-state index contributed by atoms with van der Waals surface area (Å²) in [5, 5.41) is 8.78. The van der Waals surface area contributed by atoms with Crippen molar-refractivity contribution in [1.29, 1.82) is 0 Å². The lowest BCUT2D eigenvalue weighted by Gasteiger charge is -2.25. The van der Waals surface area contributed by atoms with Crippen LogP contribution in [0.4, 0.5) is 0 Å². The molecule has 2 rings (SSSR count). The number of carboxylic acid groups (broad SMARTS) is 1. The smallest absolute Gasteiger partial charge is 0.307 e. The van der Waals surface area contributed by atoms with Crippen LogP contribution in [0.15, 0.2) is 12.4 Å². The number of nitrogens with zero attached hydrogens (tertiary/aromatic N) is 2. The first-order chi connectivity index (χ1) is 7.16. The van der Waals surface area contributed by atoms with Crippen molar-refractivity contribution < 1.29 is 9.90 Å². The summed E-state index contributed by atoms with van der Waals surface area (Å²) in [6.07, 6.45) is 4.53. The highest BCUT2D eigenvalue weighted by Gasteiger charge is 2.17. The van der Waals surface area contributed by atoms with E-state index in [0.29, 0.717) is 0 Å². The molecular weight excluding hydrogens is 192 g/mol. The first kappa shape index (κ1) is 10.1. The summed E-state index contributed by atoms with van der Waals surface area (Å²) in [5.41, 5.74) is 3.22. The van der Waals surface area contributed by atoms with Crippen LogP contribution >= 0.6 is 0 Å². The topological polar surface area (TPSA) is 53.4 Å². The predicted molar refractivity (Wildman–Crippen MR) is 55.6 cm³/mol. The molecular formula is C11H14N2O2. The van der Waals surface area contributed by atoms with Crippen molar-refractivity contribution in [3.8, 4) is 0 Å². The van der Waals surface area contributed by atoms with Gasteiger partial charge in [-0.3, -0.25) is 9.78 Å². The molecule has 0 aromatic carbocycles. The number of likely N-dealkylation sites (N-methyl/N-ethyl adjacent to an activating group) is 1. The van der Waals surface area contributed by atoms with Gasteiger partial charge in [-0.15, -0.1) is 0 Å². The van der Waals surface area contributed by atoms with Crippen LogP contribution in [0.2, 0.25) is 0 Å². The molecule has 4 nitrogen and oxygen atoms in total. The first-order valence-electron chi connectivity index (χ1n) is 5.02. The monoisotopic (exact) mass is 206 g/mol. The average Bonchev–Trinajstić information content (AvgIpc) is 2.16. The van der Waals surface area contributed by atoms with E-state index in [1.54, 1.807) is 6.20 Å². The van der Waals surface area contributed by atoms with Crippen LogP contribution in [-0.2, 0) is 24.2 Å². The Morgan fingerprint density at radius 3 is 3.13 bits per heavy atom. The lowest BCUT2D eigenvalue weighted by molar-refractivity contribution is -0.136. The van der Waals surface area contributed by atoms with E-state index in [9.17, 15) is 4.79 Å². The summed E-state index contributed by atoms with van der Waals surface area (Å²) in [4.78, 5) is 17.0. The number of hydrogen-bond acceptors (Lipinski definition) is 3. The normalized spacial score (nSPS) is 16.1. The van der Waals surface area contributed by atoms with Crippen LogP contribution in [0.1, 0.15) is 16.7 Å². The Labute approximate surface area is 88.6 Å². The third-order valence-electron chi connectivity index (χ3n) is 2.76. The van der Waals surface area contributed by atoms with Gasteiger partial charge in [-0.1, -0.05) is 0 Å². The summed E-state index contributed by atoms with van der Waals surface area (Å²) >= 11 is 0. The SMILES string of the molecule is CN1CCc2c(CC(=O)O)cncc2C1. The molecule has 0 bridgehead atoms. The van der Waals surface area contributed by atoms with Gasteiger partial charge in [0.05, 0.1) is 6.42 Å². The fourth-order valence-corrected chi connectivity index (χ4v) is 2.02. The molecule has 1 aliphatic heterocycles. The zero-order chi connectivity index (χ0) is 10.8. The van der Waals surface area contributed by atoms with Gasteiger partial charge in [0.15, 0.2) is 0 Å². The fraction of sp³-hybridized carbons (Fsp3) is 0.455. The highest BCUT2D eigenvalue weighted by Crippen LogP contribution is 2.20. The maximum absolute atomic E-state index is 10.7. The quantitative estimate of drug-likeness (QED) is 0.773. The van der Waals surface area contributed by atoms with Crippen molar-refractivity contribution in [1.82, 2.24) is 9.88 Å². The van der Waals surface area contributed by atoms with Gasteiger partial charge in [0.2, 0.25) is 0 Å². The predicted octanol–water partition coefficient (Wildman–Crippen LogP) is 0.697. The van der Waals surface area contributed by atoms with E-state index in [0.717, 1.165) is 25.1 Å². The molecule has 0 amide bonds. The van der Waals surface area contributed by atoms with E-state index >= 15 is 0 Å². The highest BCUT2D eigenvalue weighted by atomic mass is 16.4. The second kappa shape index (κ2) is 3.98. The lowest BCUT2D eigenvalue weighted by Crippen LogP contribution is -2.27. The van der Waals surface area contributed by atoms with Crippen molar-refractivity contribution in [3.63, 3.8) is 0 Å². The van der Waals surface area contributed by atoms with E-state index in [2.05, 4.69) is 16.9 Å². The van der Waals surface area contributed by atoms with E-state index < -0.39 is 5.97 Å². The van der Waals surface area contributed by atoms with Gasteiger partial charge in [0.1, 0.15) is 0 Å². The molecule has 0 fully saturated rings. The summed E-state index contributed by atoms with van der Waals surface area (Å²) in [7, 11) is 2.06. The Hall–Kier alpha value is -1.42. The Bertz CT molecular complexity index is 390. The van der Waals surface area contributed by atoms with Gasteiger partial charge in [-0.05, 0) is 30.2 Å². The first-order valence-corrected chi connectivity index (χ1v) is 5.02. The molecule has 0 aliphatic carbocycles. The summed E-state index contributed by atoms with van der Waals surface area (Å²) in [5.74, 6) is -0.788. The summed E-state index contributed by atoms with van der Waals surface area (Å²) in [6, 6.07) is 0. The number of aromatic nitrogens is 1. The van der Waals surface area contributed by atoms with Crippen LogP contribution in [0.3, 0.4) is 0 Å². The van der Waals surface area contributed by atoms with Gasteiger partial charge in [-0.25, -0.2) is 0 Å². The standard InChI is InChI=1S/C11H14N2O2/c1-13-3-2-10-8(4-11(14)15)5-12-6-9(10)7-13/h5-6H,2-4,7H2,1H3,(H,14,15). The van der Waals surface area contributed by atoms with Crippen molar-refractivity contribution in [3.05, 3.63) is 29.1 Å². The second-order valence-corrected chi connectivity index (χ2v) is 3.99. The number of hydrogen-bond donors (Lipinski definition) is 1. The molecule has 0 saturated carbocycles. The number of aliphatic carboxylic acids is 1. The van der Waals surface area contributed by atoms with Gasteiger partial charge in [0.25, 0.3) is 0 Å². The lowest BCUT2D eigenvalue weighted by atomic mass is 9.96. The number of carboxylic acids is 1. The molecule has 80 valence electrons. The average molecular weight is 206 g/mol. The van der Waals surface area contributed by atoms with Gasteiger partial charge in [0, 0.05) is 25.5 Å². The van der Waals surface area contributed by atoms with Crippen molar-refractivity contribution in [2.75, 3.05) is 13.6 Å². The maximum atomic E-state index is 10.7. The molecule has 0 unspecified atom stereocenters. The molecule has 4 heteroatoms. The molecule has 0 spiro atoms. The molecule has 15 heavy (non-hydrogen) atoms. The van der Waals surface area contributed by atoms with E-state index in [1.165, 1.54) is 11.1 Å².